The first-order chi connectivity index (χ1) is 14.4. The van der Waals surface area contributed by atoms with E-state index in [1.807, 2.05) is 31.4 Å². The van der Waals surface area contributed by atoms with Crippen molar-refractivity contribution in [3.63, 3.8) is 0 Å². The summed E-state index contributed by atoms with van der Waals surface area (Å²) in [7, 11) is 1.29. The number of ether oxygens (including phenoxy) is 1. The van der Waals surface area contributed by atoms with Gasteiger partial charge in [0.25, 0.3) is 5.56 Å². The van der Waals surface area contributed by atoms with Crippen LogP contribution in [-0.2, 0) is 11.3 Å². The molecule has 0 bridgehead atoms. The molecule has 0 radical (unpaired) electrons. The number of nitrogens with zero attached hydrogens (tertiary/aromatic N) is 2. The Morgan fingerprint density at radius 1 is 1.23 bits per heavy atom. The van der Waals surface area contributed by atoms with Crippen LogP contribution >= 0.6 is 22.9 Å². The Bertz CT molecular complexity index is 1280. The van der Waals surface area contributed by atoms with Crippen molar-refractivity contribution >= 4 is 39.1 Å². The molecule has 1 aromatic carbocycles. The molecular formula is C22H19ClN2O4S. The number of hydrogen-bond donors (Lipinski definition) is 0. The molecule has 0 amide bonds. The van der Waals surface area contributed by atoms with Crippen molar-refractivity contribution in [2.24, 2.45) is 0 Å². The molecule has 0 spiro atoms. The van der Waals surface area contributed by atoms with Crippen molar-refractivity contribution < 1.29 is 13.9 Å². The second kappa shape index (κ2) is 8.08. The van der Waals surface area contributed by atoms with Crippen LogP contribution in [0, 0.1) is 0 Å². The third-order valence-corrected chi connectivity index (χ3v) is 5.88. The van der Waals surface area contributed by atoms with Crippen LogP contribution in [-0.4, -0.2) is 22.6 Å². The van der Waals surface area contributed by atoms with Crippen LogP contribution in [0.5, 0.6) is 0 Å². The Morgan fingerprint density at radius 3 is 2.63 bits per heavy atom. The van der Waals surface area contributed by atoms with Gasteiger partial charge in [0.05, 0.1) is 19.0 Å². The fourth-order valence-electron chi connectivity index (χ4n) is 3.30. The highest BCUT2D eigenvalue weighted by Crippen LogP contribution is 2.32. The first kappa shape index (κ1) is 20.4. The highest BCUT2D eigenvalue weighted by atomic mass is 35.5. The van der Waals surface area contributed by atoms with Crippen LogP contribution in [0.3, 0.4) is 0 Å². The Hall–Kier alpha value is -2.90. The van der Waals surface area contributed by atoms with Gasteiger partial charge in [-0.1, -0.05) is 37.6 Å². The van der Waals surface area contributed by atoms with Gasteiger partial charge >= 0.3 is 5.97 Å². The largest absolute Gasteiger partial charge is 0.463 e. The maximum Gasteiger partial charge on any atom is 0.373 e. The molecule has 4 rings (SSSR count). The predicted octanol–water partition coefficient (Wildman–Crippen LogP) is 5.33. The Kier molecular flexibility index (Phi) is 5.49. The summed E-state index contributed by atoms with van der Waals surface area (Å²) in [4.78, 5) is 30.7. The van der Waals surface area contributed by atoms with Crippen LogP contribution in [0.25, 0.3) is 21.3 Å². The summed E-state index contributed by atoms with van der Waals surface area (Å²) in [6, 6.07) is 10.6. The molecule has 0 aliphatic rings. The van der Waals surface area contributed by atoms with Crippen LogP contribution in [0.15, 0.2) is 51.0 Å². The topological polar surface area (TPSA) is 74.3 Å². The third kappa shape index (κ3) is 3.66. The Balaban J connectivity index is 1.86. The number of esters is 1. The van der Waals surface area contributed by atoms with Crippen LogP contribution in [0.4, 0.5) is 0 Å². The van der Waals surface area contributed by atoms with Crippen molar-refractivity contribution in [1.82, 2.24) is 9.55 Å². The number of carbonyl (C=O) groups is 1. The monoisotopic (exact) mass is 442 g/mol. The molecule has 3 aromatic heterocycles. The molecule has 0 unspecified atom stereocenters. The van der Waals surface area contributed by atoms with E-state index in [-0.39, 0.29) is 23.8 Å². The lowest BCUT2D eigenvalue weighted by molar-refractivity contribution is 0.0563. The van der Waals surface area contributed by atoms with Crippen LogP contribution in [0.2, 0.25) is 5.02 Å². The number of thiophene rings is 1. The predicted molar refractivity (Wildman–Crippen MR) is 118 cm³/mol. The van der Waals surface area contributed by atoms with Gasteiger partial charge in [-0.15, -0.1) is 11.3 Å². The average Bonchev–Trinajstić information content (AvgIpc) is 3.37. The van der Waals surface area contributed by atoms with Gasteiger partial charge in [0.2, 0.25) is 5.76 Å². The summed E-state index contributed by atoms with van der Waals surface area (Å²) < 4.78 is 11.9. The fourth-order valence-corrected chi connectivity index (χ4v) is 4.38. The van der Waals surface area contributed by atoms with E-state index in [2.05, 4.69) is 4.74 Å². The number of benzene rings is 1. The molecule has 154 valence electrons. The Morgan fingerprint density at radius 2 is 1.97 bits per heavy atom. The zero-order valence-electron chi connectivity index (χ0n) is 16.6. The van der Waals surface area contributed by atoms with Crippen LogP contribution < -0.4 is 5.56 Å². The molecule has 0 aliphatic heterocycles. The highest BCUT2D eigenvalue weighted by molar-refractivity contribution is 7.17. The lowest BCUT2D eigenvalue weighted by Crippen LogP contribution is -2.26. The minimum Gasteiger partial charge on any atom is -0.463 e. The number of furan rings is 1. The Labute approximate surface area is 181 Å². The summed E-state index contributed by atoms with van der Waals surface area (Å²) in [5.74, 6) is 0.697. The van der Waals surface area contributed by atoms with Crippen molar-refractivity contribution in [1.29, 1.82) is 0 Å². The van der Waals surface area contributed by atoms with Crippen molar-refractivity contribution in [3.8, 4) is 11.1 Å². The van der Waals surface area contributed by atoms with Gasteiger partial charge in [0.15, 0.2) is 0 Å². The molecule has 0 atom stereocenters. The molecule has 8 heteroatoms. The van der Waals surface area contributed by atoms with E-state index in [0.717, 1.165) is 11.1 Å². The molecule has 30 heavy (non-hydrogen) atoms. The number of carbonyl (C=O) groups excluding carboxylic acids is 1. The maximum atomic E-state index is 13.5. The highest BCUT2D eigenvalue weighted by Gasteiger charge is 2.20. The molecule has 3 heterocycles. The van der Waals surface area contributed by atoms with E-state index in [0.29, 0.717) is 26.8 Å². The summed E-state index contributed by atoms with van der Waals surface area (Å²) in [6.07, 6.45) is 0. The quantitative estimate of drug-likeness (QED) is 0.390. The summed E-state index contributed by atoms with van der Waals surface area (Å²) in [5.41, 5.74) is 1.58. The number of halogens is 1. The average molecular weight is 443 g/mol. The van der Waals surface area contributed by atoms with Gasteiger partial charge in [0.1, 0.15) is 16.4 Å². The van der Waals surface area contributed by atoms with Crippen molar-refractivity contribution in [2.45, 2.75) is 26.3 Å². The first-order valence-corrected chi connectivity index (χ1v) is 10.6. The van der Waals surface area contributed by atoms with Gasteiger partial charge in [-0.2, -0.15) is 0 Å². The molecule has 0 saturated heterocycles. The van der Waals surface area contributed by atoms with E-state index in [1.54, 1.807) is 22.8 Å². The summed E-state index contributed by atoms with van der Waals surface area (Å²) >= 11 is 7.45. The van der Waals surface area contributed by atoms with Crippen molar-refractivity contribution in [2.75, 3.05) is 7.11 Å². The summed E-state index contributed by atoms with van der Waals surface area (Å²) in [5, 5.41) is 3.14. The van der Waals surface area contributed by atoms with Gasteiger partial charge in [-0.3, -0.25) is 9.36 Å². The minimum absolute atomic E-state index is 0.0261. The SMILES string of the molecule is COC(=O)c1ccc(Cn2c(C(C)C)nc3scc(-c4ccc(Cl)cc4)c3c2=O)o1. The van der Waals surface area contributed by atoms with Crippen molar-refractivity contribution in [3.05, 3.63) is 74.5 Å². The molecule has 6 nitrogen and oxygen atoms in total. The number of methoxy groups -OCH3 is 1. The third-order valence-electron chi connectivity index (χ3n) is 4.76. The normalized spacial score (nSPS) is 11.4. The second-order valence-corrected chi connectivity index (χ2v) is 8.40. The second-order valence-electron chi connectivity index (χ2n) is 7.11. The van der Waals surface area contributed by atoms with E-state index in [9.17, 15) is 9.59 Å². The molecule has 4 aromatic rings. The molecule has 0 aliphatic carbocycles. The number of aromatic nitrogens is 2. The van der Waals surface area contributed by atoms with Gasteiger partial charge < -0.3 is 9.15 Å². The standard InChI is InChI=1S/C22H19ClN2O4S/c1-12(2)19-24-20-18(16(11-30-20)13-4-6-14(23)7-5-13)21(26)25(19)10-15-8-9-17(29-15)22(27)28-3/h4-9,11-12H,10H2,1-3H3. The molecule has 0 N–H and O–H groups in total. The maximum absolute atomic E-state index is 13.5. The van der Waals surface area contributed by atoms with E-state index >= 15 is 0 Å². The zero-order chi connectivity index (χ0) is 21.4. The lowest BCUT2D eigenvalue weighted by Gasteiger charge is -2.14. The van der Waals surface area contributed by atoms with E-state index < -0.39 is 5.97 Å². The zero-order valence-corrected chi connectivity index (χ0v) is 18.2. The fraction of sp³-hybridized carbons (Fsp3) is 0.227. The number of fused-ring (bicyclic) bond motifs is 1. The van der Waals surface area contributed by atoms with E-state index in [1.165, 1.54) is 24.5 Å². The molecule has 0 saturated carbocycles. The smallest absolute Gasteiger partial charge is 0.373 e. The van der Waals surface area contributed by atoms with Gasteiger partial charge in [-0.05, 0) is 29.8 Å². The van der Waals surface area contributed by atoms with E-state index in [4.69, 9.17) is 21.0 Å². The molecule has 0 fully saturated rings. The van der Waals surface area contributed by atoms with Gasteiger partial charge in [0, 0.05) is 21.9 Å². The van der Waals surface area contributed by atoms with Crippen LogP contribution in [0.1, 0.15) is 41.9 Å². The number of rotatable bonds is 5. The van der Waals surface area contributed by atoms with Gasteiger partial charge in [-0.25, -0.2) is 9.78 Å². The minimum atomic E-state index is -0.561. The number of hydrogen-bond acceptors (Lipinski definition) is 6. The molecular weight excluding hydrogens is 424 g/mol. The first-order valence-electron chi connectivity index (χ1n) is 9.34. The summed E-state index contributed by atoms with van der Waals surface area (Å²) in [6.45, 7) is 4.14. The lowest BCUT2D eigenvalue weighted by atomic mass is 10.1.